The van der Waals surface area contributed by atoms with Crippen molar-refractivity contribution in [3.05, 3.63) is 64.7 Å². The highest BCUT2D eigenvalue weighted by molar-refractivity contribution is 6.14. The van der Waals surface area contributed by atoms with Crippen LogP contribution in [0.2, 0.25) is 0 Å². The lowest BCUT2D eigenvalue weighted by atomic mass is 9.98. The maximum atomic E-state index is 12.5. The van der Waals surface area contributed by atoms with Crippen LogP contribution in [0, 0.1) is 0 Å². The van der Waals surface area contributed by atoms with Crippen LogP contribution < -0.4 is 5.32 Å². The number of aromatic carboxylic acids is 1. The molecule has 94 valence electrons. The summed E-state index contributed by atoms with van der Waals surface area (Å²) < 4.78 is 0. The van der Waals surface area contributed by atoms with Gasteiger partial charge in [-0.05, 0) is 23.8 Å². The molecule has 0 atom stereocenters. The molecule has 4 heteroatoms. The van der Waals surface area contributed by atoms with E-state index in [-0.39, 0.29) is 11.3 Å². The van der Waals surface area contributed by atoms with E-state index in [1.807, 2.05) is 18.2 Å². The number of benzene rings is 2. The number of carbonyl (C=O) groups is 2. The summed E-state index contributed by atoms with van der Waals surface area (Å²) in [4.78, 5) is 23.5. The highest BCUT2D eigenvalue weighted by atomic mass is 16.4. The Hall–Kier alpha value is -2.62. The zero-order chi connectivity index (χ0) is 13.4. The second-order valence-corrected chi connectivity index (χ2v) is 4.41. The van der Waals surface area contributed by atoms with Crippen molar-refractivity contribution in [2.75, 3.05) is 5.32 Å². The van der Waals surface area contributed by atoms with Crippen molar-refractivity contribution in [1.82, 2.24) is 0 Å². The molecule has 0 saturated heterocycles. The zero-order valence-corrected chi connectivity index (χ0v) is 10.0. The van der Waals surface area contributed by atoms with Gasteiger partial charge in [0.15, 0.2) is 5.78 Å². The van der Waals surface area contributed by atoms with Crippen molar-refractivity contribution in [3.8, 4) is 0 Å². The molecule has 1 aliphatic heterocycles. The molecule has 2 aromatic rings. The molecule has 0 amide bonds. The van der Waals surface area contributed by atoms with Gasteiger partial charge in [-0.3, -0.25) is 4.79 Å². The molecule has 0 bridgehead atoms. The Bertz CT molecular complexity index is 692. The topological polar surface area (TPSA) is 66.4 Å². The van der Waals surface area contributed by atoms with Crippen LogP contribution in [0.25, 0.3) is 0 Å². The van der Waals surface area contributed by atoms with Gasteiger partial charge in [-0.25, -0.2) is 4.79 Å². The Balaban J connectivity index is 2.18. The third-order valence-corrected chi connectivity index (χ3v) is 3.24. The number of carboxylic acids is 1. The first-order chi connectivity index (χ1) is 9.16. The Morgan fingerprint density at radius 1 is 1.11 bits per heavy atom. The maximum Gasteiger partial charge on any atom is 0.335 e. The van der Waals surface area contributed by atoms with Crippen LogP contribution in [0.5, 0.6) is 0 Å². The quantitative estimate of drug-likeness (QED) is 0.819. The fraction of sp³-hybridized carbons (Fsp3) is 0.0667. The summed E-state index contributed by atoms with van der Waals surface area (Å²) in [5.74, 6) is -1.17. The maximum absolute atomic E-state index is 12.5. The molecule has 1 aliphatic rings. The summed E-state index contributed by atoms with van der Waals surface area (Å²) >= 11 is 0. The number of hydrogen-bond acceptors (Lipinski definition) is 3. The first-order valence-electron chi connectivity index (χ1n) is 5.90. The van der Waals surface area contributed by atoms with E-state index in [4.69, 9.17) is 5.11 Å². The van der Waals surface area contributed by atoms with E-state index in [1.165, 1.54) is 12.1 Å². The van der Waals surface area contributed by atoms with Gasteiger partial charge in [0.1, 0.15) is 0 Å². The highest BCUT2D eigenvalue weighted by Gasteiger charge is 2.21. The van der Waals surface area contributed by atoms with Gasteiger partial charge < -0.3 is 10.4 Å². The van der Waals surface area contributed by atoms with Crippen LogP contribution in [-0.2, 0) is 6.54 Å². The third kappa shape index (κ3) is 1.87. The van der Waals surface area contributed by atoms with Crippen LogP contribution in [0.15, 0.2) is 42.5 Å². The molecule has 0 saturated carbocycles. The average molecular weight is 253 g/mol. The van der Waals surface area contributed by atoms with E-state index in [2.05, 4.69) is 5.32 Å². The largest absolute Gasteiger partial charge is 0.478 e. The van der Waals surface area contributed by atoms with Gasteiger partial charge in [-0.1, -0.05) is 24.3 Å². The van der Waals surface area contributed by atoms with Gasteiger partial charge in [0.05, 0.1) is 5.56 Å². The van der Waals surface area contributed by atoms with Crippen molar-refractivity contribution in [1.29, 1.82) is 0 Å². The molecule has 0 spiro atoms. The van der Waals surface area contributed by atoms with Crippen LogP contribution in [0.4, 0.5) is 5.69 Å². The Morgan fingerprint density at radius 3 is 2.68 bits per heavy atom. The minimum absolute atomic E-state index is 0.119. The van der Waals surface area contributed by atoms with E-state index in [1.54, 1.807) is 12.1 Å². The summed E-state index contributed by atoms with van der Waals surface area (Å²) in [6.07, 6.45) is 0. The van der Waals surface area contributed by atoms with Crippen molar-refractivity contribution in [2.24, 2.45) is 0 Å². The predicted octanol–water partition coefficient (Wildman–Crippen LogP) is 2.54. The van der Waals surface area contributed by atoms with Gasteiger partial charge in [0.25, 0.3) is 0 Å². The Kier molecular flexibility index (Phi) is 2.56. The lowest BCUT2D eigenvalue weighted by Crippen LogP contribution is -2.05. The SMILES string of the molecule is O=C(O)c1ccc2c(c1)C(=O)c1ccccc1CN2. The first kappa shape index (κ1) is 11.5. The molecule has 1 heterocycles. The standard InChI is InChI=1S/C15H11NO3/c17-14-11-4-2-1-3-10(11)8-16-13-6-5-9(15(18)19)7-12(13)14/h1-7,16H,8H2,(H,18,19). The Morgan fingerprint density at radius 2 is 1.89 bits per heavy atom. The fourth-order valence-corrected chi connectivity index (χ4v) is 2.25. The third-order valence-electron chi connectivity index (χ3n) is 3.24. The van der Waals surface area contributed by atoms with Gasteiger partial charge in [-0.15, -0.1) is 0 Å². The summed E-state index contributed by atoms with van der Waals surface area (Å²) in [5.41, 5.74) is 2.74. The summed E-state index contributed by atoms with van der Waals surface area (Å²) in [7, 11) is 0. The van der Waals surface area contributed by atoms with E-state index in [0.29, 0.717) is 23.4 Å². The molecular formula is C15H11NO3. The summed E-state index contributed by atoms with van der Waals surface area (Å²) in [5, 5.41) is 12.2. The van der Waals surface area contributed by atoms with Gasteiger partial charge in [-0.2, -0.15) is 0 Å². The first-order valence-corrected chi connectivity index (χ1v) is 5.90. The molecule has 4 nitrogen and oxygen atoms in total. The molecular weight excluding hydrogens is 242 g/mol. The second-order valence-electron chi connectivity index (χ2n) is 4.41. The van der Waals surface area contributed by atoms with Crippen molar-refractivity contribution < 1.29 is 14.7 Å². The molecule has 0 fully saturated rings. The highest BCUT2D eigenvalue weighted by Crippen LogP contribution is 2.27. The summed E-state index contributed by atoms with van der Waals surface area (Å²) in [6, 6.07) is 11.9. The molecule has 19 heavy (non-hydrogen) atoms. The zero-order valence-electron chi connectivity index (χ0n) is 10.0. The van der Waals surface area contributed by atoms with Crippen LogP contribution in [0.3, 0.4) is 0 Å². The van der Waals surface area contributed by atoms with Crippen LogP contribution in [0.1, 0.15) is 31.8 Å². The van der Waals surface area contributed by atoms with E-state index in [0.717, 1.165) is 5.56 Å². The summed E-state index contributed by atoms with van der Waals surface area (Å²) in [6.45, 7) is 0.557. The monoisotopic (exact) mass is 253 g/mol. The van der Waals surface area contributed by atoms with Crippen LogP contribution >= 0.6 is 0 Å². The van der Waals surface area contributed by atoms with Crippen molar-refractivity contribution in [2.45, 2.75) is 6.54 Å². The Labute approximate surface area is 109 Å². The van der Waals surface area contributed by atoms with Crippen molar-refractivity contribution >= 4 is 17.4 Å². The fourth-order valence-electron chi connectivity index (χ4n) is 2.25. The number of rotatable bonds is 1. The minimum atomic E-state index is -1.03. The van der Waals surface area contributed by atoms with Gasteiger partial charge >= 0.3 is 5.97 Å². The van der Waals surface area contributed by atoms with Gasteiger partial charge in [0, 0.05) is 23.4 Å². The van der Waals surface area contributed by atoms with Crippen LogP contribution in [-0.4, -0.2) is 16.9 Å². The molecule has 2 aromatic carbocycles. The number of carboxylic acid groups (broad SMARTS) is 1. The molecule has 2 N–H and O–H groups in total. The lowest BCUT2D eigenvalue weighted by Gasteiger charge is -2.07. The minimum Gasteiger partial charge on any atom is -0.478 e. The second kappa shape index (κ2) is 4.24. The number of carbonyl (C=O) groups excluding carboxylic acids is 1. The average Bonchev–Trinajstić information content (AvgIpc) is 2.57. The molecule has 0 aliphatic carbocycles. The van der Waals surface area contributed by atoms with E-state index in [9.17, 15) is 9.59 Å². The molecule has 0 unspecified atom stereocenters. The number of ketones is 1. The van der Waals surface area contributed by atoms with E-state index >= 15 is 0 Å². The molecule has 3 rings (SSSR count). The molecule has 0 aromatic heterocycles. The number of nitrogens with one attached hydrogen (secondary N) is 1. The normalized spacial score (nSPS) is 12.9. The van der Waals surface area contributed by atoms with Crippen molar-refractivity contribution in [3.63, 3.8) is 0 Å². The van der Waals surface area contributed by atoms with E-state index < -0.39 is 5.97 Å². The van der Waals surface area contributed by atoms with Gasteiger partial charge in [0.2, 0.25) is 0 Å². The number of anilines is 1. The smallest absolute Gasteiger partial charge is 0.335 e. The molecule has 0 radical (unpaired) electrons. The predicted molar refractivity (Wildman–Crippen MR) is 70.6 cm³/mol. The lowest BCUT2D eigenvalue weighted by molar-refractivity contribution is 0.0697. The number of fused-ring (bicyclic) bond motifs is 2. The number of hydrogen-bond donors (Lipinski definition) is 2.